The van der Waals surface area contributed by atoms with Crippen molar-refractivity contribution in [2.24, 2.45) is 12.0 Å². The van der Waals surface area contributed by atoms with Gasteiger partial charge in [0.05, 0.1) is 13.1 Å². The van der Waals surface area contributed by atoms with Crippen LogP contribution in [0.5, 0.6) is 0 Å². The quantitative estimate of drug-likeness (QED) is 0.494. The van der Waals surface area contributed by atoms with Crippen molar-refractivity contribution in [1.82, 2.24) is 14.8 Å². The summed E-state index contributed by atoms with van der Waals surface area (Å²) in [5.41, 5.74) is 3.76. The summed E-state index contributed by atoms with van der Waals surface area (Å²) in [7, 11) is 4.16. The molecule has 0 unspecified atom stereocenters. The fourth-order valence-electron chi connectivity index (χ4n) is 3.12. The second kappa shape index (κ2) is 8.61. The summed E-state index contributed by atoms with van der Waals surface area (Å²) in [6.07, 6.45) is 6.50. The Balaban J connectivity index is 1.63. The number of nitrogens with one attached hydrogen (secondary N) is 1. The maximum Gasteiger partial charge on any atom is 0.194 e. The van der Waals surface area contributed by atoms with Crippen LogP contribution in [-0.4, -0.2) is 42.1 Å². The second-order valence-electron chi connectivity index (χ2n) is 6.68. The number of nitrogens with zero attached hydrogens (tertiary/aromatic N) is 4. The number of benzene rings is 1. The summed E-state index contributed by atoms with van der Waals surface area (Å²) in [5, 5.41) is 3.39. The van der Waals surface area contributed by atoms with E-state index in [1.165, 1.54) is 16.9 Å². The van der Waals surface area contributed by atoms with Crippen molar-refractivity contribution in [3.05, 3.63) is 66.0 Å². The minimum atomic E-state index is 0.679. The molecule has 2 heterocycles. The molecule has 5 nitrogen and oxygen atoms in total. The van der Waals surface area contributed by atoms with Crippen LogP contribution in [0.4, 0.5) is 5.69 Å². The van der Waals surface area contributed by atoms with Crippen LogP contribution in [0.15, 0.2) is 59.7 Å². The van der Waals surface area contributed by atoms with Gasteiger partial charge in [0, 0.05) is 51.3 Å². The Morgan fingerprint density at radius 1 is 1.15 bits per heavy atom. The molecule has 5 heteroatoms. The minimum absolute atomic E-state index is 0.679. The monoisotopic (exact) mass is 351 g/mol. The number of aliphatic imine (C=N–C) groups is 1. The highest BCUT2D eigenvalue weighted by Gasteiger charge is 2.09. The maximum absolute atomic E-state index is 4.82. The molecule has 0 amide bonds. The summed E-state index contributed by atoms with van der Waals surface area (Å²) in [6.45, 7) is 6.48. The molecule has 1 aromatic carbocycles. The van der Waals surface area contributed by atoms with Crippen molar-refractivity contribution < 1.29 is 0 Å². The molecule has 0 atom stereocenters. The normalized spacial score (nSPS) is 14.1. The Morgan fingerprint density at radius 2 is 1.88 bits per heavy atom. The average molecular weight is 351 g/mol. The maximum atomic E-state index is 4.82. The number of aryl methyl sites for hydroxylation is 1. The first-order chi connectivity index (χ1) is 12.7. The van der Waals surface area contributed by atoms with Crippen molar-refractivity contribution in [3.8, 4) is 0 Å². The number of guanidine groups is 1. The third-order valence-corrected chi connectivity index (χ3v) is 4.68. The van der Waals surface area contributed by atoms with Crippen molar-refractivity contribution in [1.29, 1.82) is 0 Å². The zero-order valence-corrected chi connectivity index (χ0v) is 16.0. The number of anilines is 1. The van der Waals surface area contributed by atoms with Crippen LogP contribution in [0.1, 0.15) is 18.2 Å². The van der Waals surface area contributed by atoms with Crippen LogP contribution in [0.25, 0.3) is 0 Å². The first-order valence-corrected chi connectivity index (χ1v) is 9.26. The molecule has 0 saturated carbocycles. The molecule has 2 aromatic rings. The lowest BCUT2D eigenvalue weighted by Crippen LogP contribution is -2.38. The van der Waals surface area contributed by atoms with Crippen LogP contribution in [-0.2, 0) is 20.1 Å². The first-order valence-electron chi connectivity index (χ1n) is 9.26. The zero-order chi connectivity index (χ0) is 18.4. The van der Waals surface area contributed by atoms with E-state index in [1.54, 1.807) is 0 Å². The summed E-state index contributed by atoms with van der Waals surface area (Å²) in [5.74, 6) is 0.932. The lowest BCUT2D eigenvalue weighted by Gasteiger charge is -2.22. The largest absolute Gasteiger partial charge is 0.364 e. The van der Waals surface area contributed by atoms with Gasteiger partial charge in [-0.25, -0.2) is 4.99 Å². The van der Waals surface area contributed by atoms with Crippen molar-refractivity contribution >= 4 is 11.6 Å². The molecule has 1 aliphatic heterocycles. The van der Waals surface area contributed by atoms with Crippen LogP contribution >= 0.6 is 0 Å². The minimum Gasteiger partial charge on any atom is -0.364 e. The Kier molecular flexibility index (Phi) is 6.00. The van der Waals surface area contributed by atoms with Crippen LogP contribution in [0.2, 0.25) is 0 Å². The lowest BCUT2D eigenvalue weighted by molar-refractivity contribution is 0.462. The van der Waals surface area contributed by atoms with Crippen LogP contribution < -0.4 is 10.2 Å². The van der Waals surface area contributed by atoms with Gasteiger partial charge >= 0.3 is 0 Å². The smallest absolute Gasteiger partial charge is 0.194 e. The molecule has 138 valence electrons. The van der Waals surface area contributed by atoms with Gasteiger partial charge in [-0.1, -0.05) is 24.3 Å². The number of rotatable bonds is 6. The van der Waals surface area contributed by atoms with Gasteiger partial charge in [-0.3, -0.25) is 0 Å². The van der Waals surface area contributed by atoms with E-state index < -0.39 is 0 Å². The standard InChI is InChI=1S/C21H29N5/c1-4-22-21(25(3)17-20-8-7-13-24(20)2)23-16-18-9-11-19(12-10-18)26-14-5-6-15-26/h5-13H,4,14-17H2,1-3H3,(H,22,23). The summed E-state index contributed by atoms with van der Waals surface area (Å²) >= 11 is 0. The summed E-state index contributed by atoms with van der Waals surface area (Å²) in [6, 6.07) is 13.0. The molecule has 0 spiro atoms. The molecule has 1 N–H and O–H groups in total. The fraction of sp³-hybridized carbons (Fsp3) is 0.381. The number of aromatic nitrogens is 1. The first kappa shape index (κ1) is 18.1. The Morgan fingerprint density at radius 3 is 2.50 bits per heavy atom. The molecular formula is C21H29N5. The van der Waals surface area contributed by atoms with E-state index in [2.05, 4.69) is 95.4 Å². The van der Waals surface area contributed by atoms with Gasteiger partial charge in [0.1, 0.15) is 0 Å². The van der Waals surface area contributed by atoms with E-state index >= 15 is 0 Å². The van der Waals surface area contributed by atoms with Crippen molar-refractivity contribution in [3.63, 3.8) is 0 Å². The van der Waals surface area contributed by atoms with E-state index in [4.69, 9.17) is 4.99 Å². The molecular weight excluding hydrogens is 322 g/mol. The fourth-order valence-corrected chi connectivity index (χ4v) is 3.12. The van der Waals surface area contributed by atoms with E-state index in [0.717, 1.165) is 32.1 Å². The molecule has 0 saturated heterocycles. The van der Waals surface area contributed by atoms with Gasteiger partial charge in [-0.05, 0) is 36.8 Å². The molecule has 26 heavy (non-hydrogen) atoms. The Hall–Kier alpha value is -2.69. The Labute approximate surface area is 156 Å². The van der Waals surface area contributed by atoms with E-state index in [1.807, 2.05) is 0 Å². The zero-order valence-electron chi connectivity index (χ0n) is 16.0. The summed E-state index contributed by atoms with van der Waals surface area (Å²) in [4.78, 5) is 9.34. The molecule has 1 aromatic heterocycles. The molecule has 1 aliphatic rings. The third kappa shape index (κ3) is 4.48. The topological polar surface area (TPSA) is 35.8 Å². The van der Waals surface area contributed by atoms with Gasteiger partial charge in [-0.15, -0.1) is 0 Å². The van der Waals surface area contributed by atoms with E-state index in [9.17, 15) is 0 Å². The van der Waals surface area contributed by atoms with Gasteiger partial charge in [0.15, 0.2) is 5.96 Å². The van der Waals surface area contributed by atoms with Crippen LogP contribution in [0, 0.1) is 0 Å². The van der Waals surface area contributed by atoms with E-state index in [0.29, 0.717) is 6.54 Å². The molecule has 0 bridgehead atoms. The van der Waals surface area contributed by atoms with E-state index in [-0.39, 0.29) is 0 Å². The highest BCUT2D eigenvalue weighted by atomic mass is 15.3. The average Bonchev–Trinajstić information content (AvgIpc) is 3.31. The predicted octanol–water partition coefficient (Wildman–Crippen LogP) is 3.00. The predicted molar refractivity (Wildman–Crippen MR) is 109 cm³/mol. The van der Waals surface area contributed by atoms with Gasteiger partial charge in [-0.2, -0.15) is 0 Å². The second-order valence-corrected chi connectivity index (χ2v) is 6.68. The summed E-state index contributed by atoms with van der Waals surface area (Å²) < 4.78 is 2.14. The molecule has 0 aliphatic carbocycles. The lowest BCUT2D eigenvalue weighted by atomic mass is 10.2. The highest BCUT2D eigenvalue weighted by Crippen LogP contribution is 2.18. The number of hydrogen-bond acceptors (Lipinski definition) is 2. The van der Waals surface area contributed by atoms with Gasteiger partial charge in [0.2, 0.25) is 0 Å². The third-order valence-electron chi connectivity index (χ3n) is 4.68. The van der Waals surface area contributed by atoms with Gasteiger partial charge < -0.3 is 19.7 Å². The highest BCUT2D eigenvalue weighted by molar-refractivity contribution is 5.79. The SMILES string of the molecule is CCNC(=NCc1ccc(N2CC=CC2)cc1)N(C)Cc1cccn1C. The van der Waals surface area contributed by atoms with Crippen molar-refractivity contribution in [2.75, 3.05) is 31.6 Å². The Bertz CT molecular complexity index is 749. The molecule has 0 radical (unpaired) electrons. The van der Waals surface area contributed by atoms with Crippen LogP contribution in [0.3, 0.4) is 0 Å². The molecule has 3 rings (SSSR count). The van der Waals surface area contributed by atoms with Gasteiger partial charge in [0.25, 0.3) is 0 Å². The molecule has 0 fully saturated rings. The number of hydrogen-bond donors (Lipinski definition) is 1. The van der Waals surface area contributed by atoms with Crippen molar-refractivity contribution in [2.45, 2.75) is 20.0 Å².